The standard InChI is InChI=1S/C17H21NO2/c1-3-16(18)17(20-14-9-5-4-6-10-14)13-8-7-11-15(12-13)19-2/h4-12,16-17H,3,18H2,1-2H3. The Kier molecular flexibility index (Phi) is 5.02. The average molecular weight is 271 g/mol. The number of ether oxygens (including phenoxy) is 2. The van der Waals surface area contributed by atoms with E-state index in [4.69, 9.17) is 15.2 Å². The van der Waals surface area contributed by atoms with E-state index < -0.39 is 0 Å². The lowest BCUT2D eigenvalue weighted by Gasteiger charge is -2.25. The summed E-state index contributed by atoms with van der Waals surface area (Å²) in [7, 11) is 1.66. The third kappa shape index (κ3) is 3.52. The quantitative estimate of drug-likeness (QED) is 0.873. The zero-order chi connectivity index (χ0) is 14.4. The molecule has 0 radical (unpaired) electrons. The van der Waals surface area contributed by atoms with Crippen molar-refractivity contribution in [2.75, 3.05) is 7.11 Å². The van der Waals surface area contributed by atoms with Crippen molar-refractivity contribution in [1.82, 2.24) is 0 Å². The van der Waals surface area contributed by atoms with E-state index in [0.29, 0.717) is 0 Å². The van der Waals surface area contributed by atoms with Crippen LogP contribution in [0.2, 0.25) is 0 Å². The summed E-state index contributed by atoms with van der Waals surface area (Å²) in [6.07, 6.45) is 0.659. The molecule has 2 N–H and O–H groups in total. The molecule has 106 valence electrons. The van der Waals surface area contributed by atoms with E-state index in [1.54, 1.807) is 7.11 Å². The first-order valence-electron chi connectivity index (χ1n) is 6.85. The fraction of sp³-hybridized carbons (Fsp3) is 0.294. The first-order chi connectivity index (χ1) is 9.74. The Hall–Kier alpha value is -2.00. The van der Waals surface area contributed by atoms with Gasteiger partial charge in [0.05, 0.1) is 7.11 Å². The van der Waals surface area contributed by atoms with E-state index in [9.17, 15) is 0 Å². The average Bonchev–Trinajstić information content (AvgIpc) is 2.53. The van der Waals surface area contributed by atoms with E-state index in [2.05, 4.69) is 6.92 Å². The normalized spacial score (nSPS) is 13.6. The zero-order valence-electron chi connectivity index (χ0n) is 12.0. The SMILES string of the molecule is CCC(N)C(Oc1ccccc1)c1cccc(OC)c1. The molecule has 2 unspecified atom stereocenters. The van der Waals surface area contributed by atoms with Crippen LogP contribution in [0.5, 0.6) is 11.5 Å². The van der Waals surface area contributed by atoms with Crippen molar-refractivity contribution in [2.24, 2.45) is 5.73 Å². The molecular weight excluding hydrogens is 250 g/mol. The summed E-state index contributed by atoms with van der Waals surface area (Å²) in [6, 6.07) is 17.6. The lowest BCUT2D eigenvalue weighted by molar-refractivity contribution is 0.170. The fourth-order valence-corrected chi connectivity index (χ4v) is 2.08. The molecular formula is C17H21NO2. The van der Waals surface area contributed by atoms with Crippen LogP contribution in [0.15, 0.2) is 54.6 Å². The van der Waals surface area contributed by atoms with Gasteiger partial charge in [0.2, 0.25) is 0 Å². The molecule has 0 aromatic heterocycles. The van der Waals surface area contributed by atoms with Crippen molar-refractivity contribution in [2.45, 2.75) is 25.5 Å². The minimum absolute atomic E-state index is 0.0673. The summed E-state index contributed by atoms with van der Waals surface area (Å²) in [6.45, 7) is 2.06. The molecule has 2 atom stereocenters. The number of para-hydroxylation sites is 1. The minimum atomic E-state index is -0.183. The molecule has 0 bridgehead atoms. The summed E-state index contributed by atoms with van der Waals surface area (Å²) in [5.41, 5.74) is 7.25. The van der Waals surface area contributed by atoms with E-state index in [1.807, 2.05) is 54.6 Å². The first-order valence-corrected chi connectivity index (χ1v) is 6.85. The van der Waals surface area contributed by atoms with Crippen LogP contribution in [0.3, 0.4) is 0 Å². The van der Waals surface area contributed by atoms with Gasteiger partial charge in [-0.2, -0.15) is 0 Å². The summed E-state index contributed by atoms with van der Waals surface area (Å²) in [4.78, 5) is 0. The van der Waals surface area contributed by atoms with E-state index in [-0.39, 0.29) is 12.1 Å². The minimum Gasteiger partial charge on any atom is -0.497 e. The highest BCUT2D eigenvalue weighted by Gasteiger charge is 2.21. The van der Waals surface area contributed by atoms with Crippen LogP contribution in [-0.4, -0.2) is 13.2 Å². The maximum Gasteiger partial charge on any atom is 0.139 e. The second-order valence-corrected chi connectivity index (χ2v) is 4.70. The molecule has 0 spiro atoms. The molecule has 0 fully saturated rings. The number of hydrogen-bond acceptors (Lipinski definition) is 3. The summed E-state index contributed by atoms with van der Waals surface area (Å²) >= 11 is 0. The third-order valence-electron chi connectivity index (χ3n) is 3.29. The lowest BCUT2D eigenvalue weighted by atomic mass is 10.0. The predicted octanol–water partition coefficient (Wildman–Crippen LogP) is 3.55. The van der Waals surface area contributed by atoms with Gasteiger partial charge >= 0.3 is 0 Å². The highest BCUT2D eigenvalue weighted by Crippen LogP contribution is 2.27. The van der Waals surface area contributed by atoms with Crippen LogP contribution in [0.25, 0.3) is 0 Å². The van der Waals surface area contributed by atoms with Crippen molar-refractivity contribution in [1.29, 1.82) is 0 Å². The molecule has 0 aliphatic rings. The van der Waals surface area contributed by atoms with Crippen LogP contribution in [-0.2, 0) is 0 Å². The van der Waals surface area contributed by atoms with Gasteiger partial charge in [-0.3, -0.25) is 0 Å². The molecule has 3 heteroatoms. The molecule has 2 aromatic carbocycles. The highest BCUT2D eigenvalue weighted by atomic mass is 16.5. The van der Waals surface area contributed by atoms with Gasteiger partial charge in [-0.1, -0.05) is 37.3 Å². The second-order valence-electron chi connectivity index (χ2n) is 4.70. The summed E-state index contributed by atoms with van der Waals surface area (Å²) in [5, 5.41) is 0. The van der Waals surface area contributed by atoms with Gasteiger partial charge in [-0.05, 0) is 36.2 Å². The van der Waals surface area contributed by atoms with Gasteiger partial charge in [0.15, 0.2) is 0 Å². The van der Waals surface area contributed by atoms with Gasteiger partial charge in [0.1, 0.15) is 17.6 Å². The molecule has 2 aromatic rings. The van der Waals surface area contributed by atoms with Crippen LogP contribution in [0, 0.1) is 0 Å². The second kappa shape index (κ2) is 6.96. The van der Waals surface area contributed by atoms with Crippen LogP contribution >= 0.6 is 0 Å². The number of rotatable bonds is 6. The molecule has 0 aliphatic carbocycles. The third-order valence-corrected chi connectivity index (χ3v) is 3.29. The monoisotopic (exact) mass is 271 g/mol. The zero-order valence-corrected chi connectivity index (χ0v) is 12.0. The van der Waals surface area contributed by atoms with Crippen LogP contribution < -0.4 is 15.2 Å². The Morgan fingerprint density at radius 1 is 1.00 bits per heavy atom. The van der Waals surface area contributed by atoms with Gasteiger partial charge in [-0.25, -0.2) is 0 Å². The molecule has 2 rings (SSSR count). The van der Waals surface area contributed by atoms with Gasteiger partial charge in [0, 0.05) is 6.04 Å². The fourth-order valence-electron chi connectivity index (χ4n) is 2.08. The van der Waals surface area contributed by atoms with E-state index in [1.165, 1.54) is 0 Å². The predicted molar refractivity (Wildman–Crippen MR) is 81.1 cm³/mol. The maximum atomic E-state index is 6.22. The highest BCUT2D eigenvalue weighted by molar-refractivity contribution is 5.32. The van der Waals surface area contributed by atoms with Gasteiger partial charge in [-0.15, -0.1) is 0 Å². The Balaban J connectivity index is 2.27. The number of nitrogens with two attached hydrogens (primary N) is 1. The van der Waals surface area contributed by atoms with Crippen LogP contribution in [0.1, 0.15) is 25.0 Å². The lowest BCUT2D eigenvalue weighted by Crippen LogP contribution is -2.31. The largest absolute Gasteiger partial charge is 0.497 e. The molecule has 0 saturated heterocycles. The molecule has 0 amide bonds. The Bertz CT molecular complexity index is 528. The Morgan fingerprint density at radius 3 is 2.35 bits per heavy atom. The molecule has 0 heterocycles. The molecule has 20 heavy (non-hydrogen) atoms. The van der Waals surface area contributed by atoms with Gasteiger partial charge in [0.25, 0.3) is 0 Å². The number of hydrogen-bond donors (Lipinski definition) is 1. The van der Waals surface area contributed by atoms with Crippen molar-refractivity contribution < 1.29 is 9.47 Å². The maximum absolute atomic E-state index is 6.22. The van der Waals surface area contributed by atoms with Crippen molar-refractivity contribution >= 4 is 0 Å². The topological polar surface area (TPSA) is 44.5 Å². The van der Waals surface area contributed by atoms with Crippen molar-refractivity contribution in [3.05, 3.63) is 60.2 Å². The first kappa shape index (κ1) is 14.4. The number of methoxy groups -OCH3 is 1. The smallest absolute Gasteiger partial charge is 0.139 e. The summed E-state index contributed by atoms with van der Waals surface area (Å²) < 4.78 is 11.3. The summed E-state index contributed by atoms with van der Waals surface area (Å²) in [5.74, 6) is 1.64. The Labute approximate surface area is 120 Å². The Morgan fingerprint density at radius 2 is 1.70 bits per heavy atom. The van der Waals surface area contributed by atoms with Crippen LogP contribution in [0.4, 0.5) is 0 Å². The van der Waals surface area contributed by atoms with Crippen molar-refractivity contribution in [3.63, 3.8) is 0 Å². The van der Waals surface area contributed by atoms with E-state index in [0.717, 1.165) is 23.5 Å². The molecule has 0 aliphatic heterocycles. The molecule has 3 nitrogen and oxygen atoms in total. The molecule has 0 saturated carbocycles. The number of benzene rings is 2. The van der Waals surface area contributed by atoms with Crippen molar-refractivity contribution in [3.8, 4) is 11.5 Å². The van der Waals surface area contributed by atoms with E-state index >= 15 is 0 Å². The van der Waals surface area contributed by atoms with Gasteiger partial charge < -0.3 is 15.2 Å².